The van der Waals surface area contributed by atoms with Crippen molar-refractivity contribution >= 4 is 27.7 Å². The Hall–Kier alpha value is -2.02. The van der Waals surface area contributed by atoms with Gasteiger partial charge in [0.2, 0.25) is 0 Å². The number of aromatic nitrogens is 2. The highest BCUT2D eigenvalue weighted by molar-refractivity contribution is 9.10. The number of methoxy groups -OCH3 is 1. The minimum absolute atomic E-state index is 0.144. The van der Waals surface area contributed by atoms with Crippen LogP contribution in [0.5, 0.6) is 0 Å². The molecular formula is C12H9BrFN3O2. The normalized spacial score (nSPS) is 10.3. The molecule has 98 valence electrons. The van der Waals surface area contributed by atoms with Crippen molar-refractivity contribution in [3.05, 3.63) is 40.4 Å². The number of nitrogen functional groups attached to an aromatic ring is 1. The number of carbonyl (C=O) groups is 1. The molecule has 2 rings (SSSR count). The predicted molar refractivity (Wildman–Crippen MR) is 70.9 cm³/mol. The molecule has 0 saturated carbocycles. The van der Waals surface area contributed by atoms with E-state index in [4.69, 9.17) is 5.73 Å². The number of nitrogens with two attached hydrogens (primary N) is 1. The molecule has 0 aliphatic carbocycles. The lowest BCUT2D eigenvalue weighted by molar-refractivity contribution is 0.0595. The lowest BCUT2D eigenvalue weighted by Gasteiger charge is -2.06. The minimum Gasteiger partial charge on any atom is -0.465 e. The van der Waals surface area contributed by atoms with Crippen LogP contribution in [0.25, 0.3) is 11.3 Å². The van der Waals surface area contributed by atoms with Crippen molar-refractivity contribution in [1.29, 1.82) is 0 Å². The Morgan fingerprint density at radius 2 is 2.21 bits per heavy atom. The first kappa shape index (κ1) is 13.4. The molecule has 0 fully saturated rings. The maximum atomic E-state index is 13.8. The van der Waals surface area contributed by atoms with Gasteiger partial charge in [-0.15, -0.1) is 0 Å². The summed E-state index contributed by atoms with van der Waals surface area (Å²) in [5, 5.41) is 0. The van der Waals surface area contributed by atoms with E-state index in [1.807, 2.05) is 0 Å². The summed E-state index contributed by atoms with van der Waals surface area (Å²) in [6, 6.07) is 4.02. The lowest BCUT2D eigenvalue weighted by Crippen LogP contribution is -2.05. The van der Waals surface area contributed by atoms with E-state index in [1.165, 1.54) is 31.5 Å². The van der Waals surface area contributed by atoms with Gasteiger partial charge < -0.3 is 10.5 Å². The molecule has 7 heteroatoms. The van der Waals surface area contributed by atoms with Crippen molar-refractivity contribution in [3.8, 4) is 11.3 Å². The van der Waals surface area contributed by atoms with Crippen LogP contribution in [0, 0.1) is 5.82 Å². The van der Waals surface area contributed by atoms with Crippen LogP contribution in [-0.4, -0.2) is 23.0 Å². The van der Waals surface area contributed by atoms with E-state index >= 15 is 0 Å². The van der Waals surface area contributed by atoms with Crippen LogP contribution in [-0.2, 0) is 4.74 Å². The molecular weight excluding hydrogens is 317 g/mol. The fourth-order valence-electron chi connectivity index (χ4n) is 1.54. The molecule has 0 amide bonds. The van der Waals surface area contributed by atoms with Crippen LogP contribution < -0.4 is 5.73 Å². The zero-order valence-electron chi connectivity index (χ0n) is 9.85. The van der Waals surface area contributed by atoms with Gasteiger partial charge in [0.15, 0.2) is 5.82 Å². The minimum atomic E-state index is -0.737. The zero-order chi connectivity index (χ0) is 14.0. The molecule has 0 spiro atoms. The first-order valence-corrected chi connectivity index (χ1v) is 5.98. The summed E-state index contributed by atoms with van der Waals surface area (Å²) in [6.45, 7) is 0. The first-order chi connectivity index (χ1) is 9.02. The Labute approximate surface area is 116 Å². The van der Waals surface area contributed by atoms with E-state index in [0.29, 0.717) is 15.9 Å². The third-order valence-electron chi connectivity index (χ3n) is 2.42. The average molecular weight is 326 g/mol. The topological polar surface area (TPSA) is 78.1 Å². The molecule has 0 bridgehead atoms. The summed E-state index contributed by atoms with van der Waals surface area (Å²) in [4.78, 5) is 19.3. The van der Waals surface area contributed by atoms with Crippen molar-refractivity contribution in [3.63, 3.8) is 0 Å². The van der Waals surface area contributed by atoms with Crippen LogP contribution in [0.2, 0.25) is 0 Å². The summed E-state index contributed by atoms with van der Waals surface area (Å²) < 4.78 is 18.7. The number of esters is 1. The molecule has 1 aromatic carbocycles. The predicted octanol–water partition coefficient (Wildman–Crippen LogP) is 2.41. The number of rotatable bonds is 2. The number of halogens is 2. The van der Waals surface area contributed by atoms with E-state index in [2.05, 4.69) is 30.6 Å². The van der Waals surface area contributed by atoms with Gasteiger partial charge in [-0.2, -0.15) is 0 Å². The van der Waals surface area contributed by atoms with Gasteiger partial charge in [0.05, 0.1) is 18.9 Å². The van der Waals surface area contributed by atoms with Crippen molar-refractivity contribution in [2.75, 3.05) is 12.8 Å². The van der Waals surface area contributed by atoms with E-state index in [9.17, 15) is 9.18 Å². The van der Waals surface area contributed by atoms with Crippen LogP contribution in [0.1, 0.15) is 10.4 Å². The Kier molecular flexibility index (Phi) is 3.75. The molecule has 1 aromatic heterocycles. The van der Waals surface area contributed by atoms with Gasteiger partial charge in [0.25, 0.3) is 0 Å². The summed E-state index contributed by atoms with van der Waals surface area (Å²) >= 11 is 3.13. The van der Waals surface area contributed by atoms with Gasteiger partial charge in [-0.05, 0) is 28.1 Å². The summed E-state index contributed by atoms with van der Waals surface area (Å²) in [6.07, 6.45) is 1.46. The van der Waals surface area contributed by atoms with E-state index < -0.39 is 11.8 Å². The standard InChI is InChI=1S/C12H9BrFN3O2/c1-19-12(18)7-3-2-6(4-8(7)14)10-11(15)17-9(13)5-16-10/h2-5H,1H3,(H2,15,17). The van der Waals surface area contributed by atoms with Crippen LogP contribution in [0.4, 0.5) is 10.2 Å². The van der Waals surface area contributed by atoms with E-state index in [0.717, 1.165) is 0 Å². The van der Waals surface area contributed by atoms with Crippen molar-refractivity contribution in [2.24, 2.45) is 0 Å². The van der Waals surface area contributed by atoms with Gasteiger partial charge in [-0.1, -0.05) is 6.07 Å². The fraction of sp³-hybridized carbons (Fsp3) is 0.0833. The maximum absolute atomic E-state index is 13.8. The summed E-state index contributed by atoms with van der Waals surface area (Å²) in [5.41, 5.74) is 6.35. The third-order valence-corrected chi connectivity index (χ3v) is 2.80. The van der Waals surface area contributed by atoms with E-state index in [-0.39, 0.29) is 11.4 Å². The highest BCUT2D eigenvalue weighted by Crippen LogP contribution is 2.25. The number of carbonyl (C=O) groups excluding carboxylic acids is 1. The van der Waals surface area contributed by atoms with Gasteiger partial charge in [-0.25, -0.2) is 19.2 Å². The Balaban J connectivity index is 2.47. The SMILES string of the molecule is COC(=O)c1ccc(-c2ncc(Br)nc2N)cc1F. The van der Waals surface area contributed by atoms with E-state index in [1.54, 1.807) is 0 Å². The Morgan fingerprint density at radius 1 is 1.47 bits per heavy atom. The zero-order valence-corrected chi connectivity index (χ0v) is 11.4. The Bertz CT molecular complexity index is 649. The number of hydrogen-bond donors (Lipinski definition) is 1. The molecule has 0 radical (unpaired) electrons. The average Bonchev–Trinajstić information content (AvgIpc) is 2.37. The monoisotopic (exact) mass is 325 g/mol. The highest BCUT2D eigenvalue weighted by atomic mass is 79.9. The molecule has 0 aliphatic heterocycles. The lowest BCUT2D eigenvalue weighted by atomic mass is 10.1. The van der Waals surface area contributed by atoms with Gasteiger partial charge in [0, 0.05) is 5.56 Å². The number of benzene rings is 1. The highest BCUT2D eigenvalue weighted by Gasteiger charge is 2.14. The third kappa shape index (κ3) is 2.70. The maximum Gasteiger partial charge on any atom is 0.340 e. The molecule has 2 aromatic rings. The van der Waals surface area contributed by atoms with Gasteiger partial charge >= 0.3 is 5.97 Å². The quantitative estimate of drug-likeness (QED) is 0.858. The smallest absolute Gasteiger partial charge is 0.340 e. The van der Waals surface area contributed by atoms with Gasteiger partial charge in [-0.3, -0.25) is 0 Å². The fourth-order valence-corrected chi connectivity index (χ4v) is 1.83. The van der Waals surface area contributed by atoms with Crippen molar-refractivity contribution in [1.82, 2.24) is 9.97 Å². The molecule has 0 atom stereocenters. The van der Waals surface area contributed by atoms with Crippen molar-refractivity contribution in [2.45, 2.75) is 0 Å². The molecule has 2 N–H and O–H groups in total. The second-order valence-electron chi connectivity index (χ2n) is 3.61. The number of hydrogen-bond acceptors (Lipinski definition) is 5. The number of ether oxygens (including phenoxy) is 1. The molecule has 5 nitrogen and oxygen atoms in total. The van der Waals surface area contributed by atoms with Crippen LogP contribution in [0.15, 0.2) is 29.0 Å². The Morgan fingerprint density at radius 3 is 2.79 bits per heavy atom. The molecule has 19 heavy (non-hydrogen) atoms. The van der Waals surface area contributed by atoms with Gasteiger partial charge in [0.1, 0.15) is 16.1 Å². The largest absolute Gasteiger partial charge is 0.465 e. The molecule has 0 unspecified atom stereocenters. The second kappa shape index (κ2) is 5.31. The molecule has 0 aliphatic rings. The first-order valence-electron chi connectivity index (χ1n) is 5.19. The molecule has 1 heterocycles. The number of anilines is 1. The van der Waals surface area contributed by atoms with Crippen molar-refractivity contribution < 1.29 is 13.9 Å². The second-order valence-corrected chi connectivity index (χ2v) is 4.43. The number of nitrogens with zero attached hydrogens (tertiary/aromatic N) is 2. The molecule has 0 saturated heterocycles. The van der Waals surface area contributed by atoms with Crippen LogP contribution in [0.3, 0.4) is 0 Å². The summed E-state index contributed by atoms with van der Waals surface area (Å²) in [5.74, 6) is -1.27. The van der Waals surface area contributed by atoms with Crippen LogP contribution >= 0.6 is 15.9 Å². The summed E-state index contributed by atoms with van der Waals surface area (Å²) in [7, 11) is 1.19.